The fourth-order valence-corrected chi connectivity index (χ4v) is 12.8. The third-order valence-electron chi connectivity index (χ3n) is 17.1. The van der Waals surface area contributed by atoms with Crippen LogP contribution in [0, 0.1) is 17.8 Å². The average molecular weight is 1370 g/mol. The Morgan fingerprint density at radius 2 is 0.495 bits per heavy atom. The van der Waals surface area contributed by atoms with E-state index in [1.807, 2.05) is 0 Å². The molecule has 0 aromatic heterocycles. The number of phosphoric acid groups is 2. The number of carbonyl (C=O) groups excluding carboxylic acids is 4. The zero-order chi connectivity index (χ0) is 68.7. The molecule has 0 rings (SSSR count). The number of ether oxygens (including phenoxy) is 4. The molecule has 0 aromatic rings. The molecule has 3 N–H and O–H groups in total. The van der Waals surface area contributed by atoms with Crippen molar-refractivity contribution in [2.45, 2.75) is 394 Å². The molecule has 19 heteroatoms. The van der Waals surface area contributed by atoms with E-state index in [2.05, 4.69) is 48.5 Å². The van der Waals surface area contributed by atoms with Gasteiger partial charge in [0.15, 0.2) is 12.2 Å². The van der Waals surface area contributed by atoms with Crippen LogP contribution in [0.4, 0.5) is 0 Å². The van der Waals surface area contributed by atoms with Crippen LogP contribution in [0.2, 0.25) is 0 Å². The van der Waals surface area contributed by atoms with Crippen molar-refractivity contribution in [1.82, 2.24) is 0 Å². The van der Waals surface area contributed by atoms with Gasteiger partial charge >= 0.3 is 39.5 Å². The first-order chi connectivity index (χ1) is 44.7. The Kier molecular flexibility index (Phi) is 63.4. The monoisotopic (exact) mass is 1370 g/mol. The summed E-state index contributed by atoms with van der Waals surface area (Å²) in [6.07, 6.45) is 50.0. The lowest BCUT2D eigenvalue weighted by atomic mass is 10.0. The molecule has 0 aliphatic heterocycles. The number of rotatable bonds is 72. The molecule has 0 aromatic carbocycles. The van der Waals surface area contributed by atoms with Crippen molar-refractivity contribution < 1.29 is 80.2 Å². The number of unbranched alkanes of at least 4 members (excludes halogenated alkanes) is 40. The van der Waals surface area contributed by atoms with Gasteiger partial charge in [0, 0.05) is 25.7 Å². The minimum Gasteiger partial charge on any atom is -0.462 e. The molecular weight excluding hydrogens is 1220 g/mol. The summed E-state index contributed by atoms with van der Waals surface area (Å²) in [6.45, 7) is 11.9. The first kappa shape index (κ1) is 91.1. The lowest BCUT2D eigenvalue weighted by Gasteiger charge is -2.21. The van der Waals surface area contributed by atoms with Gasteiger partial charge in [0.2, 0.25) is 0 Å². The van der Waals surface area contributed by atoms with Gasteiger partial charge in [-0.15, -0.1) is 0 Å². The van der Waals surface area contributed by atoms with Gasteiger partial charge in [-0.3, -0.25) is 37.3 Å². The molecule has 0 amide bonds. The zero-order valence-electron chi connectivity index (χ0n) is 60.7. The van der Waals surface area contributed by atoms with Gasteiger partial charge in [0.25, 0.3) is 0 Å². The highest BCUT2D eigenvalue weighted by molar-refractivity contribution is 7.47. The first-order valence-corrected chi connectivity index (χ1v) is 41.3. The normalized spacial score (nSPS) is 14.1. The molecule has 0 fully saturated rings. The van der Waals surface area contributed by atoms with E-state index in [4.69, 9.17) is 37.0 Å². The molecule has 93 heavy (non-hydrogen) atoms. The maximum Gasteiger partial charge on any atom is 0.472 e. The van der Waals surface area contributed by atoms with E-state index in [-0.39, 0.29) is 25.7 Å². The SMILES string of the molecule is CCCCCCCCCCCCC(=O)OC[C@H](COP(=O)(O)OC[C@H](O)COP(=O)(O)OC[C@@H](COC(=O)CCCCCCCCCCCC(C)C)OC(=O)CCCCCCCCCCCCCCCCCCC(C)C)OC(=O)CCCCCCCCCCCC(C)C. The predicted molar refractivity (Wildman–Crippen MR) is 377 cm³/mol. The number of aliphatic hydroxyl groups is 1. The van der Waals surface area contributed by atoms with Crippen LogP contribution in [-0.4, -0.2) is 96.7 Å². The van der Waals surface area contributed by atoms with Crippen molar-refractivity contribution in [2.24, 2.45) is 17.8 Å². The molecule has 0 saturated carbocycles. The Hall–Kier alpha value is -1.94. The highest BCUT2D eigenvalue weighted by atomic mass is 31.2. The van der Waals surface area contributed by atoms with E-state index in [1.165, 1.54) is 186 Å². The molecule has 0 spiro atoms. The van der Waals surface area contributed by atoms with Gasteiger partial charge in [-0.1, -0.05) is 325 Å². The fraction of sp³-hybridized carbons (Fsp3) is 0.946. The third-order valence-corrected chi connectivity index (χ3v) is 19.0. The van der Waals surface area contributed by atoms with Gasteiger partial charge in [-0.2, -0.15) is 0 Å². The molecular formula is C74H144O17P2. The second-order valence-corrected chi connectivity index (χ2v) is 31.0. The predicted octanol–water partition coefficient (Wildman–Crippen LogP) is 21.4. The number of carbonyl (C=O) groups is 4. The maximum atomic E-state index is 13.1. The molecule has 5 atom stereocenters. The van der Waals surface area contributed by atoms with Crippen molar-refractivity contribution in [3.05, 3.63) is 0 Å². The van der Waals surface area contributed by atoms with E-state index in [0.29, 0.717) is 25.7 Å². The van der Waals surface area contributed by atoms with E-state index < -0.39 is 97.5 Å². The summed E-state index contributed by atoms with van der Waals surface area (Å²) in [6, 6.07) is 0. The average Bonchev–Trinajstić information content (AvgIpc) is 1.87. The van der Waals surface area contributed by atoms with Gasteiger partial charge in [-0.05, 0) is 43.4 Å². The summed E-state index contributed by atoms with van der Waals surface area (Å²) in [5.74, 6) is 0.168. The Bertz CT molecular complexity index is 1820. The summed E-state index contributed by atoms with van der Waals surface area (Å²) >= 11 is 0. The topological polar surface area (TPSA) is 237 Å². The summed E-state index contributed by atoms with van der Waals surface area (Å²) in [7, 11) is -9.91. The molecule has 552 valence electrons. The first-order valence-electron chi connectivity index (χ1n) is 38.3. The second-order valence-electron chi connectivity index (χ2n) is 28.1. The Balaban J connectivity index is 5.22. The van der Waals surface area contributed by atoms with Gasteiger partial charge in [-0.25, -0.2) is 9.13 Å². The molecule has 2 unspecified atom stereocenters. The van der Waals surface area contributed by atoms with Crippen molar-refractivity contribution in [1.29, 1.82) is 0 Å². The van der Waals surface area contributed by atoms with E-state index in [1.54, 1.807) is 0 Å². The van der Waals surface area contributed by atoms with Crippen LogP contribution in [-0.2, 0) is 65.4 Å². The summed E-state index contributed by atoms with van der Waals surface area (Å²) in [5.41, 5.74) is 0. The minimum absolute atomic E-state index is 0.105. The van der Waals surface area contributed by atoms with Crippen LogP contribution >= 0.6 is 15.6 Å². The summed E-state index contributed by atoms with van der Waals surface area (Å²) < 4.78 is 68.4. The Labute approximate surface area is 568 Å². The van der Waals surface area contributed by atoms with Crippen LogP contribution in [0.25, 0.3) is 0 Å². The molecule has 0 saturated heterocycles. The quantitative estimate of drug-likeness (QED) is 0.0222. The van der Waals surface area contributed by atoms with E-state index >= 15 is 0 Å². The molecule has 0 heterocycles. The van der Waals surface area contributed by atoms with Crippen molar-refractivity contribution >= 4 is 39.5 Å². The van der Waals surface area contributed by atoms with Gasteiger partial charge in [0.1, 0.15) is 19.3 Å². The molecule has 0 aliphatic carbocycles. The Morgan fingerprint density at radius 1 is 0.290 bits per heavy atom. The zero-order valence-corrected chi connectivity index (χ0v) is 62.5. The molecule has 0 aliphatic rings. The van der Waals surface area contributed by atoms with Crippen molar-refractivity contribution in [3.8, 4) is 0 Å². The lowest BCUT2D eigenvalue weighted by molar-refractivity contribution is -0.161. The second kappa shape index (κ2) is 64.7. The smallest absolute Gasteiger partial charge is 0.462 e. The largest absolute Gasteiger partial charge is 0.472 e. The van der Waals surface area contributed by atoms with Crippen LogP contribution in [0.5, 0.6) is 0 Å². The number of esters is 4. The number of aliphatic hydroxyl groups excluding tert-OH is 1. The summed E-state index contributed by atoms with van der Waals surface area (Å²) in [5, 5.41) is 10.6. The maximum absolute atomic E-state index is 13.1. The highest BCUT2D eigenvalue weighted by Crippen LogP contribution is 2.45. The fourth-order valence-electron chi connectivity index (χ4n) is 11.2. The number of hydrogen-bond acceptors (Lipinski definition) is 15. The lowest BCUT2D eigenvalue weighted by Crippen LogP contribution is -2.30. The van der Waals surface area contributed by atoms with Crippen molar-refractivity contribution in [2.75, 3.05) is 39.6 Å². The van der Waals surface area contributed by atoms with Crippen molar-refractivity contribution in [3.63, 3.8) is 0 Å². The van der Waals surface area contributed by atoms with Crippen LogP contribution in [0.1, 0.15) is 376 Å². The molecule has 0 bridgehead atoms. The van der Waals surface area contributed by atoms with Gasteiger partial charge < -0.3 is 33.8 Å². The van der Waals surface area contributed by atoms with E-state index in [0.717, 1.165) is 108 Å². The number of phosphoric ester groups is 2. The molecule has 0 radical (unpaired) electrons. The molecule has 17 nitrogen and oxygen atoms in total. The van der Waals surface area contributed by atoms with Crippen LogP contribution < -0.4 is 0 Å². The van der Waals surface area contributed by atoms with Crippen LogP contribution in [0.3, 0.4) is 0 Å². The van der Waals surface area contributed by atoms with E-state index in [9.17, 15) is 43.2 Å². The third kappa shape index (κ3) is 68.4. The van der Waals surface area contributed by atoms with Gasteiger partial charge in [0.05, 0.1) is 26.4 Å². The Morgan fingerprint density at radius 3 is 0.731 bits per heavy atom. The number of hydrogen-bond donors (Lipinski definition) is 3. The van der Waals surface area contributed by atoms with Crippen LogP contribution in [0.15, 0.2) is 0 Å². The minimum atomic E-state index is -4.96. The highest BCUT2D eigenvalue weighted by Gasteiger charge is 2.30. The summed E-state index contributed by atoms with van der Waals surface area (Å²) in [4.78, 5) is 72.7. The standard InChI is InChI=1S/C74H144O17P2/c1-8-9-10-11-12-13-27-34-41-48-55-71(76)84-61-70(91-74(79)58-51-44-37-30-23-26-33-40-47-54-67(6)7)64-89-93(82,83)87-60-68(75)59-86-92(80,81)88-63-69(62-85-72(77)56-49-42-35-29-22-25-32-39-46-53-66(4)5)90-73(78)57-50-43-36-28-21-19-17-15-14-16-18-20-24-31-38-45-52-65(2)3/h65-70,75H,8-64H2,1-7H3,(H,80,81)(H,82,83)/t68-,69-,70-/m1/s1.